The van der Waals surface area contributed by atoms with Gasteiger partial charge < -0.3 is 5.11 Å². The molecule has 2 rings (SSSR count). The zero-order valence-corrected chi connectivity index (χ0v) is 12.2. The molecule has 2 aromatic rings. The van der Waals surface area contributed by atoms with Gasteiger partial charge in [-0.15, -0.1) is 5.10 Å². The zero-order chi connectivity index (χ0) is 13.3. The van der Waals surface area contributed by atoms with Crippen molar-refractivity contribution in [3.05, 3.63) is 27.8 Å². The largest absolute Gasteiger partial charge is 0.380 e. The molecule has 0 saturated carbocycles. The Bertz CT molecular complexity index is 528. The molecule has 1 atom stereocenters. The lowest BCUT2D eigenvalue weighted by molar-refractivity contribution is 0.197. The first-order valence-corrected chi connectivity index (χ1v) is 6.67. The zero-order valence-electron chi connectivity index (χ0n) is 10.6. The Hall–Kier alpha value is -1.21. The minimum Gasteiger partial charge on any atom is -0.380 e. The molecule has 0 aliphatic rings. The van der Waals surface area contributed by atoms with Gasteiger partial charge in [-0.1, -0.05) is 12.1 Å². The quantitative estimate of drug-likeness (QED) is 0.927. The summed E-state index contributed by atoms with van der Waals surface area (Å²) in [6.45, 7) is 4.76. The molecule has 0 aliphatic carbocycles. The summed E-state index contributed by atoms with van der Waals surface area (Å²) in [5.74, 6) is 0. The molecular formula is C11H16BrN5O. The fourth-order valence-corrected chi connectivity index (χ4v) is 2.45. The maximum absolute atomic E-state index is 10.5. The first-order valence-electron chi connectivity index (χ1n) is 5.88. The van der Waals surface area contributed by atoms with Crippen molar-refractivity contribution in [2.24, 2.45) is 7.05 Å². The highest BCUT2D eigenvalue weighted by Crippen LogP contribution is 2.27. The van der Waals surface area contributed by atoms with Crippen LogP contribution in [0.25, 0.3) is 0 Å². The van der Waals surface area contributed by atoms with Gasteiger partial charge in [0, 0.05) is 13.6 Å². The fraction of sp³-hybridized carbons (Fsp3) is 0.545. The molecule has 1 unspecified atom stereocenters. The first kappa shape index (κ1) is 13.2. The Kier molecular flexibility index (Phi) is 3.82. The lowest BCUT2D eigenvalue weighted by Gasteiger charge is -2.12. The number of aliphatic hydroxyl groups excluding tert-OH is 1. The van der Waals surface area contributed by atoms with E-state index in [9.17, 15) is 5.11 Å². The topological polar surface area (TPSA) is 68.8 Å². The predicted octanol–water partition coefficient (Wildman–Crippen LogP) is 1.44. The van der Waals surface area contributed by atoms with Gasteiger partial charge in [0.2, 0.25) is 0 Å². The van der Waals surface area contributed by atoms with Crippen LogP contribution in [0.5, 0.6) is 0 Å². The maximum atomic E-state index is 10.5. The SMILES string of the molecule is CCc1cc(C(O)c2c(Br)nnn2C)n(CC)n1. The lowest BCUT2D eigenvalue weighted by atomic mass is 10.1. The average Bonchev–Trinajstić information content (AvgIpc) is 2.92. The summed E-state index contributed by atoms with van der Waals surface area (Å²) in [7, 11) is 1.75. The number of aliphatic hydroxyl groups is 1. The van der Waals surface area contributed by atoms with Gasteiger partial charge in [0.1, 0.15) is 11.8 Å². The van der Waals surface area contributed by atoms with Crippen LogP contribution in [0.2, 0.25) is 0 Å². The fourth-order valence-electron chi connectivity index (χ4n) is 1.90. The van der Waals surface area contributed by atoms with Crippen molar-refractivity contribution < 1.29 is 5.11 Å². The van der Waals surface area contributed by atoms with Crippen LogP contribution in [0, 0.1) is 0 Å². The van der Waals surface area contributed by atoms with Crippen molar-refractivity contribution in [2.75, 3.05) is 0 Å². The van der Waals surface area contributed by atoms with E-state index in [-0.39, 0.29) is 0 Å². The van der Waals surface area contributed by atoms with Gasteiger partial charge in [0.25, 0.3) is 0 Å². The molecule has 18 heavy (non-hydrogen) atoms. The third kappa shape index (κ3) is 2.20. The number of halogens is 1. The van der Waals surface area contributed by atoms with Gasteiger partial charge in [-0.05, 0) is 35.3 Å². The molecule has 2 heterocycles. The van der Waals surface area contributed by atoms with Crippen molar-refractivity contribution in [3.63, 3.8) is 0 Å². The Morgan fingerprint density at radius 2 is 2.17 bits per heavy atom. The summed E-state index contributed by atoms with van der Waals surface area (Å²) in [4.78, 5) is 0. The van der Waals surface area contributed by atoms with E-state index in [2.05, 4.69) is 31.3 Å². The lowest BCUT2D eigenvalue weighted by Crippen LogP contribution is -2.12. The number of hydrogen-bond acceptors (Lipinski definition) is 4. The van der Waals surface area contributed by atoms with E-state index in [1.807, 2.05) is 24.6 Å². The van der Waals surface area contributed by atoms with Crippen LogP contribution >= 0.6 is 15.9 Å². The summed E-state index contributed by atoms with van der Waals surface area (Å²) < 4.78 is 3.93. The van der Waals surface area contributed by atoms with Crippen molar-refractivity contribution in [1.82, 2.24) is 24.8 Å². The molecule has 0 aromatic carbocycles. The molecule has 1 N–H and O–H groups in total. The normalized spacial score (nSPS) is 12.9. The Labute approximate surface area is 114 Å². The minimum absolute atomic E-state index is 0.555. The highest BCUT2D eigenvalue weighted by Gasteiger charge is 2.23. The highest BCUT2D eigenvalue weighted by molar-refractivity contribution is 9.10. The van der Waals surface area contributed by atoms with E-state index in [1.165, 1.54) is 0 Å². The average molecular weight is 314 g/mol. The van der Waals surface area contributed by atoms with Crippen LogP contribution in [-0.4, -0.2) is 29.9 Å². The van der Waals surface area contributed by atoms with Gasteiger partial charge in [-0.3, -0.25) is 4.68 Å². The van der Waals surface area contributed by atoms with Gasteiger partial charge in [-0.25, -0.2) is 4.68 Å². The molecule has 6 nitrogen and oxygen atoms in total. The molecule has 0 saturated heterocycles. The van der Waals surface area contributed by atoms with E-state index in [1.54, 1.807) is 11.7 Å². The van der Waals surface area contributed by atoms with E-state index >= 15 is 0 Å². The molecule has 0 amide bonds. The summed E-state index contributed by atoms with van der Waals surface area (Å²) in [5, 5.41) is 22.7. The molecule has 0 spiro atoms. The third-order valence-electron chi connectivity index (χ3n) is 2.89. The molecule has 0 bridgehead atoms. The number of rotatable bonds is 4. The molecule has 2 aromatic heterocycles. The molecule has 0 fully saturated rings. The summed E-state index contributed by atoms with van der Waals surface area (Å²) in [6.07, 6.45) is 0.0597. The van der Waals surface area contributed by atoms with Crippen molar-refractivity contribution in [3.8, 4) is 0 Å². The Morgan fingerprint density at radius 3 is 2.67 bits per heavy atom. The van der Waals surface area contributed by atoms with Crippen LogP contribution in [0.1, 0.15) is 37.0 Å². The van der Waals surface area contributed by atoms with E-state index < -0.39 is 6.10 Å². The van der Waals surface area contributed by atoms with E-state index in [0.717, 1.165) is 24.4 Å². The molecule has 0 radical (unpaired) electrons. The van der Waals surface area contributed by atoms with E-state index in [0.29, 0.717) is 10.3 Å². The predicted molar refractivity (Wildman–Crippen MR) is 70.0 cm³/mol. The Morgan fingerprint density at radius 1 is 1.44 bits per heavy atom. The smallest absolute Gasteiger partial charge is 0.154 e. The standard InChI is InChI=1S/C11H16BrN5O/c1-4-7-6-8(17(5-2)14-7)10(18)9-11(12)13-15-16(9)3/h6,10,18H,4-5H2,1-3H3. The summed E-state index contributed by atoms with van der Waals surface area (Å²) in [5.41, 5.74) is 2.37. The van der Waals surface area contributed by atoms with Gasteiger partial charge in [-0.2, -0.15) is 5.10 Å². The van der Waals surface area contributed by atoms with Gasteiger partial charge >= 0.3 is 0 Å². The third-order valence-corrected chi connectivity index (χ3v) is 3.45. The molecular weight excluding hydrogens is 298 g/mol. The van der Waals surface area contributed by atoms with Crippen molar-refractivity contribution >= 4 is 15.9 Å². The van der Waals surface area contributed by atoms with Gasteiger partial charge in [0.05, 0.1) is 11.4 Å². The van der Waals surface area contributed by atoms with Crippen LogP contribution in [-0.2, 0) is 20.0 Å². The number of aromatic nitrogens is 5. The van der Waals surface area contributed by atoms with Crippen LogP contribution in [0.3, 0.4) is 0 Å². The second kappa shape index (κ2) is 5.19. The van der Waals surface area contributed by atoms with E-state index in [4.69, 9.17) is 0 Å². The number of aryl methyl sites for hydroxylation is 3. The van der Waals surface area contributed by atoms with Crippen LogP contribution in [0.4, 0.5) is 0 Å². The first-order chi connectivity index (χ1) is 8.58. The van der Waals surface area contributed by atoms with Crippen LogP contribution < -0.4 is 0 Å². The van der Waals surface area contributed by atoms with Crippen LogP contribution in [0.15, 0.2) is 10.7 Å². The van der Waals surface area contributed by atoms with Crippen molar-refractivity contribution in [1.29, 1.82) is 0 Å². The molecule has 98 valence electrons. The summed E-state index contributed by atoms with van der Waals surface area (Å²) in [6, 6.07) is 1.92. The summed E-state index contributed by atoms with van der Waals surface area (Å²) >= 11 is 3.30. The number of nitrogens with zero attached hydrogens (tertiary/aromatic N) is 5. The highest BCUT2D eigenvalue weighted by atomic mass is 79.9. The second-order valence-corrected chi connectivity index (χ2v) is 4.77. The second-order valence-electron chi connectivity index (χ2n) is 4.02. The monoisotopic (exact) mass is 313 g/mol. The maximum Gasteiger partial charge on any atom is 0.154 e. The Balaban J connectivity index is 2.45. The minimum atomic E-state index is -0.785. The molecule has 0 aliphatic heterocycles. The van der Waals surface area contributed by atoms with Crippen molar-refractivity contribution in [2.45, 2.75) is 32.9 Å². The number of hydrogen-bond donors (Lipinski definition) is 1. The molecule has 7 heteroatoms. The van der Waals surface area contributed by atoms with Gasteiger partial charge in [0.15, 0.2) is 4.60 Å².